The fourth-order valence-corrected chi connectivity index (χ4v) is 3.33. The Bertz CT molecular complexity index is 973. The lowest BCUT2D eigenvalue weighted by Crippen LogP contribution is -2.05. The van der Waals surface area contributed by atoms with Crippen LogP contribution in [0.25, 0.3) is 16.9 Å². The van der Waals surface area contributed by atoms with Crippen LogP contribution in [-0.4, -0.2) is 48.4 Å². The van der Waals surface area contributed by atoms with E-state index in [0.29, 0.717) is 13.2 Å². The summed E-state index contributed by atoms with van der Waals surface area (Å²) in [5.74, 6) is 1.71. The van der Waals surface area contributed by atoms with E-state index in [9.17, 15) is 0 Å². The lowest BCUT2D eigenvalue weighted by atomic mass is 10.1. The first kappa shape index (κ1) is 19.2. The Morgan fingerprint density at radius 2 is 1.47 bits per heavy atom. The highest BCUT2D eigenvalue weighted by Crippen LogP contribution is 2.26. The molecule has 0 amide bonds. The van der Waals surface area contributed by atoms with E-state index in [-0.39, 0.29) is 12.2 Å². The van der Waals surface area contributed by atoms with E-state index >= 15 is 0 Å². The number of epoxide rings is 2. The number of rotatable bonds is 10. The molecular weight excluding hydrogens is 380 g/mol. The number of aromatic nitrogens is 2. The largest absolute Gasteiger partial charge is 0.491 e. The molecule has 2 aromatic carbocycles. The van der Waals surface area contributed by atoms with Gasteiger partial charge in [-0.15, -0.1) is 0 Å². The van der Waals surface area contributed by atoms with Crippen LogP contribution in [0.4, 0.5) is 0 Å². The van der Waals surface area contributed by atoms with Crippen molar-refractivity contribution in [1.29, 1.82) is 0 Å². The van der Waals surface area contributed by atoms with E-state index in [0.717, 1.165) is 54.5 Å². The molecule has 2 atom stereocenters. The fourth-order valence-electron chi connectivity index (χ4n) is 3.33. The van der Waals surface area contributed by atoms with Crippen LogP contribution in [0.1, 0.15) is 19.0 Å². The summed E-state index contributed by atoms with van der Waals surface area (Å²) in [6, 6.07) is 18.4. The first-order chi connectivity index (χ1) is 14.8. The monoisotopic (exact) mass is 406 g/mol. The zero-order chi connectivity index (χ0) is 20.3. The average Bonchev–Trinajstić information content (AvgIpc) is 3.71. The summed E-state index contributed by atoms with van der Waals surface area (Å²) in [7, 11) is 0. The van der Waals surface area contributed by atoms with Gasteiger partial charge < -0.3 is 18.9 Å². The molecule has 0 bridgehead atoms. The van der Waals surface area contributed by atoms with Gasteiger partial charge in [0.1, 0.15) is 36.9 Å². The maximum absolute atomic E-state index is 5.75. The van der Waals surface area contributed by atoms with Crippen molar-refractivity contribution in [2.45, 2.75) is 32.0 Å². The number of nitrogens with zero attached hydrogens (tertiary/aromatic N) is 2. The zero-order valence-electron chi connectivity index (χ0n) is 17.1. The standard InChI is InChI=1S/C24H26N2O4/c1-2-3-19-12-24(17-4-8-20(9-5-17)27-13-22-15-29-22)25-26(19)18-6-10-21(11-7-18)28-14-23-16-30-23/h4-12,22-23H,2-3,13-16H2,1H3. The van der Waals surface area contributed by atoms with Crippen molar-refractivity contribution in [3.63, 3.8) is 0 Å². The smallest absolute Gasteiger partial charge is 0.119 e. The van der Waals surface area contributed by atoms with Crippen LogP contribution in [0.15, 0.2) is 54.6 Å². The first-order valence-electron chi connectivity index (χ1n) is 10.6. The van der Waals surface area contributed by atoms with E-state index in [2.05, 4.69) is 37.3 Å². The van der Waals surface area contributed by atoms with Gasteiger partial charge in [-0.1, -0.05) is 13.3 Å². The number of benzene rings is 2. The highest BCUT2D eigenvalue weighted by atomic mass is 16.6. The van der Waals surface area contributed by atoms with Crippen LogP contribution < -0.4 is 9.47 Å². The predicted octanol–water partition coefficient (Wildman–Crippen LogP) is 4.05. The Kier molecular flexibility index (Phi) is 5.43. The topological polar surface area (TPSA) is 61.3 Å². The fraction of sp³-hybridized carbons (Fsp3) is 0.375. The molecule has 0 N–H and O–H groups in total. The third kappa shape index (κ3) is 4.66. The maximum Gasteiger partial charge on any atom is 0.119 e. The summed E-state index contributed by atoms with van der Waals surface area (Å²) >= 11 is 0. The molecule has 30 heavy (non-hydrogen) atoms. The van der Waals surface area contributed by atoms with Crippen molar-refractivity contribution in [2.24, 2.45) is 0 Å². The quantitative estimate of drug-likeness (QED) is 0.476. The Morgan fingerprint density at radius 1 is 0.900 bits per heavy atom. The van der Waals surface area contributed by atoms with Crippen LogP contribution >= 0.6 is 0 Å². The third-order valence-corrected chi connectivity index (χ3v) is 5.20. The second-order valence-corrected chi connectivity index (χ2v) is 7.73. The molecule has 0 spiro atoms. The summed E-state index contributed by atoms with van der Waals surface area (Å²) in [4.78, 5) is 0. The molecule has 3 heterocycles. The van der Waals surface area contributed by atoms with E-state index in [4.69, 9.17) is 24.0 Å². The first-order valence-corrected chi connectivity index (χ1v) is 10.6. The Labute approximate surface area is 176 Å². The van der Waals surface area contributed by atoms with Gasteiger partial charge in [0.05, 0.1) is 24.6 Å². The van der Waals surface area contributed by atoms with Crippen LogP contribution in [0.3, 0.4) is 0 Å². The minimum absolute atomic E-state index is 0.258. The molecule has 156 valence electrons. The van der Waals surface area contributed by atoms with Crippen molar-refractivity contribution in [3.8, 4) is 28.4 Å². The Morgan fingerprint density at radius 3 is 2.00 bits per heavy atom. The highest BCUT2D eigenvalue weighted by molar-refractivity contribution is 5.61. The lowest BCUT2D eigenvalue weighted by molar-refractivity contribution is 0.263. The molecule has 3 aromatic rings. The summed E-state index contributed by atoms with van der Waals surface area (Å²) in [5, 5.41) is 4.89. The molecule has 2 aliphatic heterocycles. The Balaban J connectivity index is 1.33. The summed E-state index contributed by atoms with van der Waals surface area (Å²) < 4.78 is 23.9. The van der Waals surface area contributed by atoms with Crippen molar-refractivity contribution >= 4 is 0 Å². The van der Waals surface area contributed by atoms with Crippen molar-refractivity contribution in [1.82, 2.24) is 9.78 Å². The minimum atomic E-state index is 0.258. The second kappa shape index (κ2) is 8.50. The van der Waals surface area contributed by atoms with E-state index < -0.39 is 0 Å². The molecule has 6 nitrogen and oxygen atoms in total. The molecule has 5 rings (SSSR count). The molecule has 2 saturated heterocycles. The minimum Gasteiger partial charge on any atom is -0.491 e. The van der Waals surface area contributed by atoms with Crippen molar-refractivity contribution < 1.29 is 18.9 Å². The van der Waals surface area contributed by atoms with Gasteiger partial charge in [-0.3, -0.25) is 0 Å². The van der Waals surface area contributed by atoms with Crippen LogP contribution in [-0.2, 0) is 15.9 Å². The van der Waals surface area contributed by atoms with Crippen molar-refractivity contribution in [2.75, 3.05) is 26.4 Å². The van der Waals surface area contributed by atoms with E-state index in [1.807, 2.05) is 28.9 Å². The molecule has 6 heteroatoms. The van der Waals surface area contributed by atoms with Gasteiger partial charge in [0.2, 0.25) is 0 Å². The van der Waals surface area contributed by atoms with Gasteiger partial charge in [-0.2, -0.15) is 5.10 Å². The van der Waals surface area contributed by atoms with E-state index in [1.54, 1.807) is 0 Å². The van der Waals surface area contributed by atoms with Gasteiger partial charge in [0.25, 0.3) is 0 Å². The molecule has 0 aliphatic carbocycles. The molecule has 1 aromatic heterocycles. The van der Waals surface area contributed by atoms with Gasteiger partial charge >= 0.3 is 0 Å². The second-order valence-electron chi connectivity index (χ2n) is 7.73. The van der Waals surface area contributed by atoms with Gasteiger partial charge in [-0.25, -0.2) is 4.68 Å². The summed E-state index contributed by atoms with van der Waals surface area (Å²) in [5.41, 5.74) is 4.26. The Hall–Kier alpha value is -2.83. The highest BCUT2D eigenvalue weighted by Gasteiger charge is 2.23. The molecular formula is C24H26N2O4. The van der Waals surface area contributed by atoms with E-state index in [1.165, 1.54) is 5.69 Å². The van der Waals surface area contributed by atoms with Gasteiger partial charge in [0.15, 0.2) is 0 Å². The number of aryl methyl sites for hydroxylation is 1. The summed E-state index contributed by atoms with van der Waals surface area (Å²) in [6.45, 7) is 5.01. The molecule has 2 fully saturated rings. The molecule has 2 aliphatic rings. The molecule has 0 saturated carbocycles. The van der Waals surface area contributed by atoms with Crippen LogP contribution in [0, 0.1) is 0 Å². The predicted molar refractivity (Wildman–Crippen MR) is 113 cm³/mol. The normalized spacial score (nSPS) is 19.5. The molecule has 2 unspecified atom stereocenters. The number of hydrogen-bond acceptors (Lipinski definition) is 5. The van der Waals surface area contributed by atoms with Crippen LogP contribution in [0.5, 0.6) is 11.5 Å². The number of ether oxygens (including phenoxy) is 4. The maximum atomic E-state index is 5.75. The van der Waals surface area contributed by atoms with Gasteiger partial charge in [0, 0.05) is 11.3 Å². The molecule has 0 radical (unpaired) electrons. The average molecular weight is 406 g/mol. The third-order valence-electron chi connectivity index (χ3n) is 5.20. The van der Waals surface area contributed by atoms with Crippen molar-refractivity contribution in [3.05, 3.63) is 60.3 Å². The lowest BCUT2D eigenvalue weighted by Gasteiger charge is -2.09. The zero-order valence-corrected chi connectivity index (χ0v) is 17.1. The van der Waals surface area contributed by atoms with Gasteiger partial charge in [-0.05, 0) is 61.0 Å². The number of hydrogen-bond donors (Lipinski definition) is 0. The SMILES string of the molecule is CCCc1cc(-c2ccc(OCC3CO3)cc2)nn1-c1ccc(OCC2CO2)cc1. The van der Waals surface area contributed by atoms with Crippen LogP contribution in [0.2, 0.25) is 0 Å². The summed E-state index contributed by atoms with van der Waals surface area (Å²) in [6.07, 6.45) is 2.54.